The van der Waals surface area contributed by atoms with E-state index in [1.54, 1.807) is 0 Å². The van der Waals surface area contributed by atoms with Gasteiger partial charge in [-0.15, -0.1) is 0 Å². The van der Waals surface area contributed by atoms with Crippen LogP contribution in [-0.4, -0.2) is 19.9 Å². The summed E-state index contributed by atoms with van der Waals surface area (Å²) in [7, 11) is 5.42. The Morgan fingerprint density at radius 3 is 2.39 bits per heavy atom. The molecular formula is C15H29BO2. The molecule has 18 heavy (non-hydrogen) atoms. The molecule has 3 heteroatoms. The first-order chi connectivity index (χ1) is 8.60. The predicted octanol–water partition coefficient (Wildman–Crippen LogP) is 4.28. The van der Waals surface area contributed by atoms with Crippen molar-refractivity contribution in [2.24, 2.45) is 5.92 Å². The van der Waals surface area contributed by atoms with Gasteiger partial charge in [0.2, 0.25) is 0 Å². The molecule has 0 aromatic carbocycles. The van der Waals surface area contributed by atoms with E-state index in [1.807, 2.05) is 0 Å². The van der Waals surface area contributed by atoms with E-state index in [2.05, 4.69) is 20.8 Å². The highest BCUT2D eigenvalue weighted by atomic mass is 16.5. The third-order valence-electron chi connectivity index (χ3n) is 2.98. The first kappa shape index (κ1) is 17.5. The second-order valence-electron chi connectivity index (χ2n) is 5.48. The van der Waals surface area contributed by atoms with E-state index in [-0.39, 0.29) is 12.1 Å². The molecule has 0 aliphatic rings. The molecule has 0 aliphatic carbocycles. The van der Waals surface area contributed by atoms with Crippen LogP contribution >= 0.6 is 0 Å². The Morgan fingerprint density at radius 1 is 1.17 bits per heavy atom. The number of unbranched alkanes of at least 4 members (excludes halogenated alkanes) is 3. The Morgan fingerprint density at radius 2 is 1.83 bits per heavy atom. The SMILES string of the molecule is [B]CCCCCCC(=O)OC(CCC)CC(C)C. The van der Waals surface area contributed by atoms with Crippen LogP contribution in [0.4, 0.5) is 0 Å². The molecule has 0 saturated carbocycles. The molecule has 0 N–H and O–H groups in total. The minimum Gasteiger partial charge on any atom is -0.462 e. The summed E-state index contributed by atoms with van der Waals surface area (Å²) >= 11 is 0. The summed E-state index contributed by atoms with van der Waals surface area (Å²) in [5, 5.41) is 0. The monoisotopic (exact) mass is 252 g/mol. The van der Waals surface area contributed by atoms with Gasteiger partial charge in [0.15, 0.2) is 0 Å². The van der Waals surface area contributed by atoms with Gasteiger partial charge in [-0.25, -0.2) is 0 Å². The van der Waals surface area contributed by atoms with Crippen LogP contribution < -0.4 is 0 Å². The molecule has 1 unspecified atom stereocenters. The van der Waals surface area contributed by atoms with E-state index < -0.39 is 0 Å². The van der Waals surface area contributed by atoms with Crippen molar-refractivity contribution < 1.29 is 9.53 Å². The molecule has 0 bridgehead atoms. The Bertz CT molecular complexity index is 205. The number of rotatable bonds is 11. The average molecular weight is 252 g/mol. The van der Waals surface area contributed by atoms with Crippen molar-refractivity contribution in [3.8, 4) is 0 Å². The molecular weight excluding hydrogens is 223 g/mol. The first-order valence-electron chi connectivity index (χ1n) is 7.49. The highest BCUT2D eigenvalue weighted by Gasteiger charge is 2.14. The molecule has 0 saturated heterocycles. The lowest BCUT2D eigenvalue weighted by Crippen LogP contribution is -2.20. The normalized spacial score (nSPS) is 12.7. The van der Waals surface area contributed by atoms with Crippen LogP contribution in [0.15, 0.2) is 0 Å². The molecule has 0 aliphatic heterocycles. The minimum atomic E-state index is -0.0261. The van der Waals surface area contributed by atoms with E-state index in [4.69, 9.17) is 12.6 Å². The van der Waals surface area contributed by atoms with Crippen molar-refractivity contribution in [3.05, 3.63) is 0 Å². The maximum atomic E-state index is 11.7. The number of ether oxygens (including phenoxy) is 1. The average Bonchev–Trinajstić information content (AvgIpc) is 2.28. The quantitative estimate of drug-likeness (QED) is 0.311. The van der Waals surface area contributed by atoms with Gasteiger partial charge in [0.25, 0.3) is 0 Å². The van der Waals surface area contributed by atoms with E-state index >= 15 is 0 Å². The maximum absolute atomic E-state index is 11.7. The molecule has 0 aromatic rings. The lowest BCUT2D eigenvalue weighted by Gasteiger charge is -2.19. The van der Waals surface area contributed by atoms with Crippen LogP contribution in [-0.2, 0) is 9.53 Å². The van der Waals surface area contributed by atoms with Gasteiger partial charge in [-0.1, -0.05) is 52.8 Å². The number of esters is 1. The highest BCUT2D eigenvalue weighted by Crippen LogP contribution is 2.15. The van der Waals surface area contributed by atoms with Crippen molar-refractivity contribution in [2.45, 2.75) is 84.6 Å². The van der Waals surface area contributed by atoms with Crippen LogP contribution in [0.5, 0.6) is 0 Å². The van der Waals surface area contributed by atoms with E-state index in [0.29, 0.717) is 12.3 Å². The molecule has 104 valence electrons. The molecule has 2 nitrogen and oxygen atoms in total. The summed E-state index contributed by atoms with van der Waals surface area (Å²) in [4.78, 5) is 11.7. The van der Waals surface area contributed by atoms with Gasteiger partial charge in [-0.05, 0) is 25.2 Å². The Kier molecular flexibility index (Phi) is 11.3. The molecule has 0 heterocycles. The van der Waals surface area contributed by atoms with Crippen molar-refractivity contribution in [3.63, 3.8) is 0 Å². The third-order valence-corrected chi connectivity index (χ3v) is 2.98. The largest absolute Gasteiger partial charge is 0.462 e. The van der Waals surface area contributed by atoms with Gasteiger partial charge >= 0.3 is 5.97 Å². The Labute approximate surface area is 114 Å². The fraction of sp³-hybridized carbons (Fsp3) is 0.933. The number of carbonyl (C=O) groups excluding carboxylic acids is 1. The van der Waals surface area contributed by atoms with Crippen molar-refractivity contribution in [2.75, 3.05) is 0 Å². The summed E-state index contributed by atoms with van der Waals surface area (Å²) in [5.74, 6) is 0.556. The van der Waals surface area contributed by atoms with E-state index in [1.165, 1.54) is 0 Å². The van der Waals surface area contributed by atoms with Crippen molar-refractivity contribution >= 4 is 13.8 Å². The van der Waals surface area contributed by atoms with Gasteiger partial charge in [0.05, 0.1) is 7.85 Å². The van der Waals surface area contributed by atoms with E-state index in [9.17, 15) is 4.79 Å². The highest BCUT2D eigenvalue weighted by molar-refractivity contribution is 6.08. The Balaban J connectivity index is 3.73. The van der Waals surface area contributed by atoms with Crippen LogP contribution in [0, 0.1) is 5.92 Å². The number of hydrogen-bond acceptors (Lipinski definition) is 2. The van der Waals surface area contributed by atoms with Crippen LogP contribution in [0.25, 0.3) is 0 Å². The molecule has 0 aromatic heterocycles. The van der Waals surface area contributed by atoms with Crippen molar-refractivity contribution in [1.82, 2.24) is 0 Å². The Hall–Kier alpha value is -0.465. The molecule has 1 atom stereocenters. The second-order valence-corrected chi connectivity index (χ2v) is 5.48. The van der Waals surface area contributed by atoms with Gasteiger partial charge in [-0.3, -0.25) is 4.79 Å². The summed E-state index contributed by atoms with van der Waals surface area (Å²) < 4.78 is 5.54. The topological polar surface area (TPSA) is 26.3 Å². The number of carbonyl (C=O) groups is 1. The first-order valence-corrected chi connectivity index (χ1v) is 7.49. The van der Waals surface area contributed by atoms with Crippen LogP contribution in [0.1, 0.15) is 72.1 Å². The summed E-state index contributed by atoms with van der Waals surface area (Å²) in [6.07, 6.45) is 8.64. The zero-order valence-corrected chi connectivity index (χ0v) is 12.4. The lowest BCUT2D eigenvalue weighted by molar-refractivity contribution is -0.150. The molecule has 0 amide bonds. The summed E-state index contributed by atoms with van der Waals surface area (Å²) in [5.41, 5.74) is 0. The molecule has 0 rings (SSSR count). The lowest BCUT2D eigenvalue weighted by atomic mass is 9.98. The third kappa shape index (κ3) is 10.7. The zero-order chi connectivity index (χ0) is 13.8. The van der Waals surface area contributed by atoms with Gasteiger partial charge in [0, 0.05) is 6.42 Å². The molecule has 2 radical (unpaired) electrons. The van der Waals surface area contributed by atoms with E-state index in [0.717, 1.165) is 51.3 Å². The fourth-order valence-electron chi connectivity index (χ4n) is 2.08. The summed E-state index contributed by atoms with van der Waals surface area (Å²) in [6.45, 7) is 6.47. The summed E-state index contributed by atoms with van der Waals surface area (Å²) in [6, 6.07) is 0. The fourth-order valence-corrected chi connectivity index (χ4v) is 2.08. The second kappa shape index (κ2) is 11.6. The van der Waals surface area contributed by atoms with Gasteiger partial charge < -0.3 is 4.74 Å². The van der Waals surface area contributed by atoms with Crippen LogP contribution in [0.3, 0.4) is 0 Å². The smallest absolute Gasteiger partial charge is 0.306 e. The van der Waals surface area contributed by atoms with Crippen LogP contribution in [0.2, 0.25) is 6.32 Å². The van der Waals surface area contributed by atoms with Gasteiger partial charge in [0.1, 0.15) is 6.10 Å². The maximum Gasteiger partial charge on any atom is 0.306 e. The number of hydrogen-bond donors (Lipinski definition) is 0. The minimum absolute atomic E-state index is 0.0261. The molecule has 0 fully saturated rings. The zero-order valence-electron chi connectivity index (χ0n) is 12.4. The molecule has 0 spiro atoms. The van der Waals surface area contributed by atoms with Gasteiger partial charge in [-0.2, -0.15) is 0 Å². The predicted molar refractivity (Wildman–Crippen MR) is 77.9 cm³/mol. The standard InChI is InChI=1S/C15H29BO2/c1-4-9-14(12-13(2)3)18-15(17)10-7-5-6-8-11-16/h13-14H,4-12H2,1-3H3. The van der Waals surface area contributed by atoms with Crippen molar-refractivity contribution in [1.29, 1.82) is 0 Å².